The van der Waals surface area contributed by atoms with Gasteiger partial charge in [-0.15, -0.1) is 0 Å². The zero-order valence-electron chi connectivity index (χ0n) is 17.2. The molecule has 6 nitrogen and oxygen atoms in total. The normalized spacial score (nSPS) is 19.2. The number of carbonyl (C=O) groups excluding carboxylic acids is 2. The van der Waals surface area contributed by atoms with Gasteiger partial charge in [-0.1, -0.05) is 25.5 Å². The summed E-state index contributed by atoms with van der Waals surface area (Å²) in [6.45, 7) is 8.30. The highest BCUT2D eigenvalue weighted by atomic mass is 16.3. The van der Waals surface area contributed by atoms with Gasteiger partial charge in [0.05, 0.1) is 12.3 Å². The molecule has 0 aliphatic carbocycles. The highest BCUT2D eigenvalue weighted by Gasteiger charge is 2.35. The number of rotatable bonds is 6. The first-order valence-corrected chi connectivity index (χ1v) is 10.1. The molecule has 6 heteroatoms. The summed E-state index contributed by atoms with van der Waals surface area (Å²) >= 11 is 0. The lowest BCUT2D eigenvalue weighted by Gasteiger charge is -2.31. The van der Waals surface area contributed by atoms with E-state index in [9.17, 15) is 9.59 Å². The molecule has 1 fully saturated rings. The molecule has 152 valence electrons. The van der Waals surface area contributed by atoms with Gasteiger partial charge in [0.2, 0.25) is 11.8 Å². The number of hydrogen-bond acceptors (Lipinski definition) is 4. The van der Waals surface area contributed by atoms with Crippen molar-refractivity contribution in [2.75, 3.05) is 6.54 Å². The van der Waals surface area contributed by atoms with Crippen LogP contribution in [0.1, 0.15) is 44.7 Å². The van der Waals surface area contributed by atoms with Crippen molar-refractivity contribution < 1.29 is 14.0 Å². The highest BCUT2D eigenvalue weighted by molar-refractivity contribution is 5.90. The average Bonchev–Trinajstić information content (AvgIpc) is 3.26. The van der Waals surface area contributed by atoms with E-state index < -0.39 is 12.1 Å². The topological polar surface area (TPSA) is 88.6 Å². The van der Waals surface area contributed by atoms with Crippen LogP contribution in [-0.4, -0.2) is 41.4 Å². The van der Waals surface area contributed by atoms with Gasteiger partial charge in [0.25, 0.3) is 0 Å². The molecule has 2 amide bonds. The summed E-state index contributed by atoms with van der Waals surface area (Å²) in [5.41, 5.74) is 8.87. The number of fused-ring (bicyclic) bond motifs is 1. The second kappa shape index (κ2) is 8.35. The Labute approximate surface area is 166 Å². The van der Waals surface area contributed by atoms with Gasteiger partial charge < -0.3 is 20.4 Å². The van der Waals surface area contributed by atoms with Crippen LogP contribution in [0.15, 0.2) is 28.9 Å². The van der Waals surface area contributed by atoms with Gasteiger partial charge in [-0.05, 0) is 51.2 Å². The van der Waals surface area contributed by atoms with Crippen molar-refractivity contribution in [2.24, 2.45) is 11.7 Å². The second-order valence-corrected chi connectivity index (χ2v) is 8.31. The van der Waals surface area contributed by atoms with Crippen LogP contribution in [0.3, 0.4) is 0 Å². The monoisotopic (exact) mass is 385 g/mol. The molecule has 1 aromatic heterocycles. The lowest BCUT2D eigenvalue weighted by atomic mass is 9.99. The lowest BCUT2D eigenvalue weighted by Crippen LogP contribution is -2.55. The molecule has 2 heterocycles. The Hall–Kier alpha value is -2.34. The molecule has 0 spiro atoms. The quantitative estimate of drug-likeness (QED) is 0.800. The van der Waals surface area contributed by atoms with Gasteiger partial charge in [0, 0.05) is 23.5 Å². The predicted octanol–water partition coefficient (Wildman–Crippen LogP) is 2.76. The first-order valence-electron chi connectivity index (χ1n) is 10.1. The Morgan fingerprint density at radius 3 is 2.75 bits per heavy atom. The van der Waals surface area contributed by atoms with Crippen LogP contribution in [0.5, 0.6) is 0 Å². The van der Waals surface area contributed by atoms with Gasteiger partial charge in [-0.3, -0.25) is 9.59 Å². The maximum absolute atomic E-state index is 13.2. The predicted molar refractivity (Wildman–Crippen MR) is 110 cm³/mol. The largest absolute Gasteiger partial charge is 0.464 e. The number of benzene rings is 1. The standard InChI is InChI=1S/C22H31N3O3/c1-13(2)20(24-21(26)15(4)23)22(27)25-9-5-6-17(25)11-16-12-28-19-8-7-14(3)10-18(16)19/h7-8,10,12-13,15,17,20H,5-6,9,11,23H2,1-4H3,(H,24,26)/t15-,17-,20-/m0/s1. The SMILES string of the molecule is Cc1ccc2occ(C[C@@H]3CCCN3C(=O)[C@@H](NC(=O)[C@H](C)N)C(C)C)c2c1. The molecule has 1 aromatic carbocycles. The van der Waals surface area contributed by atoms with Crippen molar-refractivity contribution in [3.63, 3.8) is 0 Å². The Morgan fingerprint density at radius 1 is 1.32 bits per heavy atom. The van der Waals surface area contributed by atoms with Gasteiger partial charge in [-0.2, -0.15) is 0 Å². The molecular formula is C22H31N3O3. The molecule has 0 saturated carbocycles. The number of nitrogens with two attached hydrogens (primary N) is 1. The summed E-state index contributed by atoms with van der Waals surface area (Å²) in [6, 6.07) is 5.09. The number of nitrogens with zero attached hydrogens (tertiary/aromatic N) is 1. The maximum atomic E-state index is 13.2. The minimum absolute atomic E-state index is 0.00569. The van der Waals surface area contributed by atoms with E-state index in [1.807, 2.05) is 37.1 Å². The van der Waals surface area contributed by atoms with Crippen molar-refractivity contribution in [3.8, 4) is 0 Å². The third-order valence-electron chi connectivity index (χ3n) is 5.57. The number of hydrogen-bond donors (Lipinski definition) is 2. The van der Waals surface area contributed by atoms with Crippen LogP contribution >= 0.6 is 0 Å². The maximum Gasteiger partial charge on any atom is 0.245 e. The number of likely N-dealkylation sites (tertiary alicyclic amines) is 1. The summed E-state index contributed by atoms with van der Waals surface area (Å²) in [7, 11) is 0. The van der Waals surface area contributed by atoms with Crippen LogP contribution < -0.4 is 11.1 Å². The number of amides is 2. The van der Waals surface area contributed by atoms with E-state index in [-0.39, 0.29) is 23.8 Å². The van der Waals surface area contributed by atoms with Crippen LogP contribution in [0.25, 0.3) is 11.0 Å². The van der Waals surface area contributed by atoms with E-state index in [0.29, 0.717) is 0 Å². The minimum Gasteiger partial charge on any atom is -0.464 e. The first kappa shape index (κ1) is 20.4. The van der Waals surface area contributed by atoms with E-state index >= 15 is 0 Å². The molecule has 1 saturated heterocycles. The Morgan fingerprint density at radius 2 is 2.07 bits per heavy atom. The third kappa shape index (κ3) is 4.22. The molecule has 1 aliphatic rings. The van der Waals surface area contributed by atoms with Gasteiger partial charge in [0.15, 0.2) is 0 Å². The molecule has 3 rings (SSSR count). The lowest BCUT2D eigenvalue weighted by molar-refractivity contribution is -0.138. The molecule has 0 unspecified atom stereocenters. The Balaban J connectivity index is 1.78. The second-order valence-electron chi connectivity index (χ2n) is 8.31. The van der Waals surface area contributed by atoms with Gasteiger partial charge in [0.1, 0.15) is 11.6 Å². The van der Waals surface area contributed by atoms with Gasteiger partial charge in [-0.25, -0.2) is 0 Å². The molecule has 3 atom stereocenters. The summed E-state index contributed by atoms with van der Waals surface area (Å²) in [5.74, 6) is -0.316. The number of furan rings is 1. The summed E-state index contributed by atoms with van der Waals surface area (Å²) in [6.07, 6.45) is 4.49. The van der Waals surface area contributed by atoms with Crippen molar-refractivity contribution >= 4 is 22.8 Å². The first-order chi connectivity index (χ1) is 13.3. The van der Waals surface area contributed by atoms with Crippen LogP contribution in [0.2, 0.25) is 0 Å². The molecule has 2 aromatic rings. The van der Waals surface area contributed by atoms with E-state index in [0.717, 1.165) is 42.3 Å². The van der Waals surface area contributed by atoms with Crippen molar-refractivity contribution in [3.05, 3.63) is 35.6 Å². The molecule has 3 N–H and O–H groups in total. The summed E-state index contributed by atoms with van der Waals surface area (Å²) in [4.78, 5) is 27.3. The number of carbonyl (C=O) groups is 2. The summed E-state index contributed by atoms with van der Waals surface area (Å²) < 4.78 is 5.70. The average molecular weight is 386 g/mol. The summed E-state index contributed by atoms with van der Waals surface area (Å²) in [5, 5.41) is 3.95. The zero-order chi connectivity index (χ0) is 20.4. The Bertz CT molecular complexity index is 856. The molecule has 28 heavy (non-hydrogen) atoms. The van der Waals surface area contributed by atoms with Gasteiger partial charge >= 0.3 is 0 Å². The molecule has 0 radical (unpaired) electrons. The highest BCUT2D eigenvalue weighted by Crippen LogP contribution is 2.28. The fourth-order valence-electron chi connectivity index (χ4n) is 3.92. The Kier molecular flexibility index (Phi) is 6.08. The smallest absolute Gasteiger partial charge is 0.245 e. The van der Waals surface area contributed by atoms with Crippen molar-refractivity contribution in [2.45, 2.75) is 65.1 Å². The van der Waals surface area contributed by atoms with E-state index in [2.05, 4.69) is 18.3 Å². The van der Waals surface area contributed by atoms with Crippen molar-refractivity contribution in [1.29, 1.82) is 0 Å². The van der Waals surface area contributed by atoms with E-state index in [1.165, 1.54) is 5.56 Å². The fraction of sp³-hybridized carbons (Fsp3) is 0.545. The fourth-order valence-corrected chi connectivity index (χ4v) is 3.92. The molecule has 1 aliphatic heterocycles. The number of nitrogens with one attached hydrogen (secondary N) is 1. The number of aryl methyl sites for hydroxylation is 1. The minimum atomic E-state index is -0.635. The van der Waals surface area contributed by atoms with E-state index in [1.54, 1.807) is 6.92 Å². The van der Waals surface area contributed by atoms with Crippen LogP contribution in [-0.2, 0) is 16.0 Å². The van der Waals surface area contributed by atoms with Crippen molar-refractivity contribution in [1.82, 2.24) is 10.2 Å². The third-order valence-corrected chi connectivity index (χ3v) is 5.57. The molecule has 0 bridgehead atoms. The molecular weight excluding hydrogens is 354 g/mol. The van der Waals surface area contributed by atoms with Crippen LogP contribution in [0, 0.1) is 12.8 Å². The van der Waals surface area contributed by atoms with E-state index in [4.69, 9.17) is 10.2 Å². The van der Waals surface area contributed by atoms with Crippen LogP contribution in [0.4, 0.5) is 0 Å². The zero-order valence-corrected chi connectivity index (χ0v) is 17.2.